The van der Waals surface area contributed by atoms with Crippen LogP contribution in [0.1, 0.15) is 20.9 Å². The first-order valence-corrected chi connectivity index (χ1v) is 12.9. The van der Waals surface area contributed by atoms with Crippen LogP contribution in [0.25, 0.3) is 0 Å². The van der Waals surface area contributed by atoms with E-state index in [-0.39, 0.29) is 10.8 Å². The topological polar surface area (TPSA) is 97.4 Å². The average Bonchev–Trinajstić information content (AvgIpc) is 3.37. The summed E-state index contributed by atoms with van der Waals surface area (Å²) in [6.45, 7) is 0.624. The van der Waals surface area contributed by atoms with E-state index in [1.54, 1.807) is 41.8 Å². The molecule has 0 unspecified atom stereocenters. The number of benzene rings is 2. The highest BCUT2D eigenvalue weighted by molar-refractivity contribution is 7.89. The predicted octanol–water partition coefficient (Wildman–Crippen LogP) is 4.50. The van der Waals surface area contributed by atoms with Crippen LogP contribution in [0.3, 0.4) is 0 Å². The molecule has 0 aliphatic heterocycles. The molecule has 1 amide bonds. The number of amides is 1. The standard InChI is InChI=1S/C25H23N3O4S2/c29-25(28-20-6-3-7-22(17-20)32-18-21-5-1-2-14-26-21)19-9-11-24(12-10-19)34(30,31)27-15-13-23-8-4-16-33-23/h1-12,14,16-17,27H,13,15,18H2,(H,28,29). The number of thiophene rings is 1. The molecule has 0 bridgehead atoms. The van der Waals surface area contributed by atoms with Crippen LogP contribution in [0.4, 0.5) is 5.69 Å². The number of carbonyl (C=O) groups excluding carboxylic acids is 1. The number of anilines is 1. The molecule has 0 fully saturated rings. The average molecular weight is 494 g/mol. The zero-order valence-corrected chi connectivity index (χ0v) is 19.8. The molecule has 0 radical (unpaired) electrons. The molecule has 2 N–H and O–H groups in total. The van der Waals surface area contributed by atoms with Gasteiger partial charge in [0.25, 0.3) is 5.91 Å². The van der Waals surface area contributed by atoms with Crippen molar-refractivity contribution in [2.24, 2.45) is 0 Å². The summed E-state index contributed by atoms with van der Waals surface area (Å²) in [4.78, 5) is 18.1. The molecular formula is C25H23N3O4S2. The van der Waals surface area contributed by atoms with E-state index < -0.39 is 10.0 Å². The van der Waals surface area contributed by atoms with Crippen molar-refractivity contribution in [3.8, 4) is 5.75 Å². The minimum absolute atomic E-state index is 0.111. The quantitative estimate of drug-likeness (QED) is 0.339. The first-order valence-electron chi connectivity index (χ1n) is 10.6. The summed E-state index contributed by atoms with van der Waals surface area (Å²) < 4.78 is 33.3. The zero-order chi connectivity index (χ0) is 23.8. The fraction of sp³-hybridized carbons (Fsp3) is 0.120. The number of carbonyl (C=O) groups is 1. The van der Waals surface area contributed by atoms with Crippen LogP contribution in [0.2, 0.25) is 0 Å². The van der Waals surface area contributed by atoms with Crippen molar-refractivity contribution in [1.82, 2.24) is 9.71 Å². The van der Waals surface area contributed by atoms with Crippen LogP contribution >= 0.6 is 11.3 Å². The first kappa shape index (κ1) is 23.6. The molecule has 34 heavy (non-hydrogen) atoms. The minimum Gasteiger partial charge on any atom is -0.487 e. The SMILES string of the molecule is O=C(Nc1cccc(OCc2ccccn2)c1)c1ccc(S(=O)(=O)NCCc2cccs2)cc1. The minimum atomic E-state index is -3.65. The maximum absolute atomic E-state index is 12.6. The van der Waals surface area contributed by atoms with Crippen LogP contribution in [-0.2, 0) is 23.1 Å². The molecule has 0 aliphatic carbocycles. The Labute approximate surface area is 202 Å². The molecule has 9 heteroatoms. The number of pyridine rings is 1. The highest BCUT2D eigenvalue weighted by Crippen LogP contribution is 2.20. The van der Waals surface area contributed by atoms with Crippen molar-refractivity contribution >= 4 is 33.0 Å². The Morgan fingerprint density at radius 3 is 2.56 bits per heavy atom. The molecule has 0 spiro atoms. The van der Waals surface area contributed by atoms with Crippen LogP contribution in [0.15, 0.2) is 95.3 Å². The van der Waals surface area contributed by atoms with Gasteiger partial charge in [0.1, 0.15) is 12.4 Å². The smallest absolute Gasteiger partial charge is 0.255 e. The van der Waals surface area contributed by atoms with Crippen LogP contribution < -0.4 is 14.8 Å². The second kappa shape index (κ2) is 11.1. The highest BCUT2D eigenvalue weighted by atomic mass is 32.2. The van der Waals surface area contributed by atoms with Crippen molar-refractivity contribution in [3.63, 3.8) is 0 Å². The third-order valence-electron chi connectivity index (χ3n) is 4.88. The lowest BCUT2D eigenvalue weighted by atomic mass is 10.2. The molecule has 0 aliphatic rings. The summed E-state index contributed by atoms with van der Waals surface area (Å²) >= 11 is 1.59. The molecule has 2 heterocycles. The maximum Gasteiger partial charge on any atom is 0.255 e. The number of nitrogens with one attached hydrogen (secondary N) is 2. The number of sulfonamides is 1. The largest absolute Gasteiger partial charge is 0.487 e. The molecule has 2 aromatic carbocycles. The second-order valence-electron chi connectivity index (χ2n) is 7.34. The Bertz CT molecular complexity index is 1320. The molecular weight excluding hydrogens is 470 g/mol. The molecule has 4 aromatic rings. The van der Waals surface area contributed by atoms with Gasteiger partial charge in [-0.05, 0) is 66.4 Å². The predicted molar refractivity (Wildman–Crippen MR) is 133 cm³/mol. The van der Waals surface area contributed by atoms with Crippen molar-refractivity contribution in [2.75, 3.05) is 11.9 Å². The molecule has 4 rings (SSSR count). The summed E-state index contributed by atoms with van der Waals surface area (Å²) in [6.07, 6.45) is 2.33. The van der Waals surface area contributed by atoms with Gasteiger partial charge in [-0.25, -0.2) is 13.1 Å². The summed E-state index contributed by atoms with van der Waals surface area (Å²) in [6, 6.07) is 22.4. The Balaban J connectivity index is 1.33. The number of aromatic nitrogens is 1. The first-order chi connectivity index (χ1) is 16.5. The van der Waals surface area contributed by atoms with E-state index in [9.17, 15) is 13.2 Å². The lowest BCUT2D eigenvalue weighted by molar-refractivity contribution is 0.102. The number of ether oxygens (including phenoxy) is 1. The van der Waals surface area contributed by atoms with E-state index >= 15 is 0 Å². The van der Waals surface area contributed by atoms with Gasteiger partial charge in [0, 0.05) is 34.9 Å². The van der Waals surface area contributed by atoms with Gasteiger partial charge in [-0.1, -0.05) is 18.2 Å². The van der Waals surface area contributed by atoms with Crippen molar-refractivity contribution < 1.29 is 17.9 Å². The van der Waals surface area contributed by atoms with E-state index in [1.165, 1.54) is 24.3 Å². The molecule has 0 saturated heterocycles. The van der Waals surface area contributed by atoms with Gasteiger partial charge >= 0.3 is 0 Å². The summed E-state index contributed by atoms with van der Waals surface area (Å²) in [5, 5.41) is 4.76. The van der Waals surface area contributed by atoms with E-state index in [4.69, 9.17) is 4.74 Å². The van der Waals surface area contributed by atoms with Gasteiger partial charge in [-0.3, -0.25) is 9.78 Å². The Morgan fingerprint density at radius 1 is 0.971 bits per heavy atom. The lowest BCUT2D eigenvalue weighted by Gasteiger charge is -2.10. The zero-order valence-electron chi connectivity index (χ0n) is 18.2. The number of hydrogen-bond acceptors (Lipinski definition) is 6. The third kappa shape index (κ3) is 6.50. The Kier molecular flexibility index (Phi) is 7.69. The van der Waals surface area contributed by atoms with Gasteiger partial charge < -0.3 is 10.1 Å². The van der Waals surface area contributed by atoms with E-state index in [0.717, 1.165) is 10.6 Å². The summed E-state index contributed by atoms with van der Waals surface area (Å²) in [5.74, 6) is 0.245. The van der Waals surface area contributed by atoms with Gasteiger partial charge in [0.2, 0.25) is 10.0 Å². The third-order valence-corrected chi connectivity index (χ3v) is 7.29. The molecule has 0 atom stereocenters. The molecule has 0 saturated carbocycles. The monoisotopic (exact) mass is 493 g/mol. The Hall–Kier alpha value is -3.53. The fourth-order valence-electron chi connectivity index (χ4n) is 3.14. The van der Waals surface area contributed by atoms with Crippen LogP contribution in [-0.4, -0.2) is 25.9 Å². The van der Waals surface area contributed by atoms with Crippen LogP contribution in [0.5, 0.6) is 5.75 Å². The number of nitrogens with zero attached hydrogens (tertiary/aromatic N) is 1. The summed E-state index contributed by atoms with van der Waals surface area (Å²) in [7, 11) is -3.65. The van der Waals surface area contributed by atoms with Crippen molar-refractivity contribution in [1.29, 1.82) is 0 Å². The van der Waals surface area contributed by atoms with Crippen molar-refractivity contribution in [2.45, 2.75) is 17.9 Å². The van der Waals surface area contributed by atoms with Crippen LogP contribution in [0, 0.1) is 0 Å². The normalized spacial score (nSPS) is 11.2. The highest BCUT2D eigenvalue weighted by Gasteiger charge is 2.15. The van der Waals surface area contributed by atoms with Gasteiger partial charge in [-0.15, -0.1) is 11.3 Å². The van der Waals surface area contributed by atoms with Gasteiger partial charge in [-0.2, -0.15) is 0 Å². The number of hydrogen-bond donors (Lipinski definition) is 2. The molecule has 7 nitrogen and oxygen atoms in total. The number of rotatable bonds is 10. The van der Waals surface area contributed by atoms with Gasteiger partial charge in [0.15, 0.2) is 0 Å². The summed E-state index contributed by atoms with van der Waals surface area (Å²) in [5.41, 5.74) is 1.71. The van der Waals surface area contributed by atoms with E-state index in [0.29, 0.717) is 36.6 Å². The maximum atomic E-state index is 12.6. The molecule has 2 aromatic heterocycles. The molecule has 174 valence electrons. The van der Waals surface area contributed by atoms with E-state index in [2.05, 4.69) is 15.0 Å². The van der Waals surface area contributed by atoms with Gasteiger partial charge in [0.05, 0.1) is 10.6 Å². The Morgan fingerprint density at radius 2 is 1.82 bits per heavy atom. The van der Waals surface area contributed by atoms with E-state index in [1.807, 2.05) is 35.7 Å². The lowest BCUT2D eigenvalue weighted by Crippen LogP contribution is -2.26. The fourth-order valence-corrected chi connectivity index (χ4v) is 4.88. The second-order valence-corrected chi connectivity index (χ2v) is 10.1. The van der Waals surface area contributed by atoms with Crippen molar-refractivity contribution in [3.05, 3.63) is 107 Å².